The van der Waals surface area contributed by atoms with E-state index in [9.17, 15) is 0 Å². The zero-order valence-electron chi connectivity index (χ0n) is 16.1. The molecule has 2 rings (SSSR count). The predicted octanol–water partition coefficient (Wildman–Crippen LogP) is 8.13. The van der Waals surface area contributed by atoms with Gasteiger partial charge in [-0.3, -0.25) is 12.2 Å². The zero-order valence-corrected chi connectivity index (χ0v) is 19.3. The van der Waals surface area contributed by atoms with Crippen LogP contribution in [0.25, 0.3) is 0 Å². The van der Waals surface area contributed by atoms with Gasteiger partial charge in [0.1, 0.15) is 0 Å². The minimum Gasteiger partial charge on any atom is -0.269 e. The molecule has 0 nitrogen and oxygen atoms in total. The minimum atomic E-state index is 0. The van der Waals surface area contributed by atoms with Crippen LogP contribution in [0.2, 0.25) is 0 Å². The summed E-state index contributed by atoms with van der Waals surface area (Å²) < 4.78 is 0. The van der Waals surface area contributed by atoms with Crippen molar-refractivity contribution >= 4 is 24.8 Å². The third-order valence-electron chi connectivity index (χ3n) is 4.13. The number of hydrogen-bond donors (Lipinski definition) is 0. The van der Waals surface area contributed by atoms with Crippen molar-refractivity contribution in [3.05, 3.63) is 47.6 Å². The quantitative estimate of drug-likeness (QED) is 0.191. The second kappa shape index (κ2) is 22.3. The van der Waals surface area contributed by atoms with Gasteiger partial charge in [-0.15, -0.1) is 37.7 Å². The Balaban J connectivity index is -0.000000346. The van der Waals surface area contributed by atoms with E-state index in [1.165, 1.54) is 75.4 Å². The first-order valence-electron chi connectivity index (χ1n) is 9.39. The Bertz CT molecular complexity index is 357. The van der Waals surface area contributed by atoms with Crippen LogP contribution in [0.4, 0.5) is 0 Å². The third-order valence-corrected chi connectivity index (χ3v) is 4.13. The standard InChI is InChI=1S/2C11H17.2ClH.Ti/c2*1-2-3-4-5-8-11-9-6-7-10-11;;;/h2*6,9H,2-5,7-8H2,1H3;2*1H;/q2*-1;;;+2. The molecule has 25 heavy (non-hydrogen) atoms. The molecule has 0 fully saturated rings. The molecule has 3 heteroatoms. The molecule has 0 unspecified atom stereocenters. The van der Waals surface area contributed by atoms with Crippen molar-refractivity contribution in [1.82, 2.24) is 0 Å². The fourth-order valence-corrected chi connectivity index (χ4v) is 2.73. The summed E-state index contributed by atoms with van der Waals surface area (Å²) >= 11 is 0. The van der Waals surface area contributed by atoms with Gasteiger partial charge in [-0.1, -0.05) is 78.1 Å². The van der Waals surface area contributed by atoms with E-state index in [1.54, 1.807) is 0 Å². The molecule has 0 N–H and O–H groups in total. The van der Waals surface area contributed by atoms with Crippen LogP contribution >= 0.6 is 24.8 Å². The maximum absolute atomic E-state index is 3.34. The van der Waals surface area contributed by atoms with E-state index in [0.29, 0.717) is 0 Å². The average molecular weight is 419 g/mol. The van der Waals surface area contributed by atoms with Crippen molar-refractivity contribution in [2.45, 2.75) is 90.9 Å². The SMILES string of the molecule is CCCCCCC1=[C-]CC=C1.CCCCCCC1=[C-]CC=C1.Cl.Cl.[Ti+2]. The van der Waals surface area contributed by atoms with Crippen molar-refractivity contribution in [3.8, 4) is 0 Å². The van der Waals surface area contributed by atoms with Crippen LogP contribution in [-0.4, -0.2) is 0 Å². The largest absolute Gasteiger partial charge is 2.00 e. The first-order chi connectivity index (χ1) is 10.9. The van der Waals surface area contributed by atoms with Gasteiger partial charge in [0.25, 0.3) is 0 Å². The number of allylic oxidation sites excluding steroid dienone is 8. The molecule has 0 aromatic carbocycles. The first-order valence-corrected chi connectivity index (χ1v) is 9.39. The van der Waals surface area contributed by atoms with E-state index >= 15 is 0 Å². The monoisotopic (exact) mass is 418 g/mol. The summed E-state index contributed by atoms with van der Waals surface area (Å²) in [5, 5.41) is 0. The molecule has 0 aromatic heterocycles. The number of unbranched alkanes of at least 4 members (excludes halogenated alkanes) is 6. The Morgan fingerprint density at radius 3 is 1.36 bits per heavy atom. The van der Waals surface area contributed by atoms with Crippen LogP contribution in [0.15, 0.2) is 35.5 Å². The zero-order chi connectivity index (χ0) is 15.9. The van der Waals surface area contributed by atoms with Crippen LogP contribution < -0.4 is 0 Å². The van der Waals surface area contributed by atoms with Crippen molar-refractivity contribution < 1.29 is 21.7 Å². The third kappa shape index (κ3) is 17.4. The molecule has 0 heterocycles. The Labute approximate surface area is 184 Å². The van der Waals surface area contributed by atoms with Crippen molar-refractivity contribution in [2.24, 2.45) is 0 Å². The second-order valence-corrected chi connectivity index (χ2v) is 6.24. The van der Waals surface area contributed by atoms with E-state index in [-0.39, 0.29) is 46.5 Å². The molecule has 0 radical (unpaired) electrons. The van der Waals surface area contributed by atoms with E-state index < -0.39 is 0 Å². The van der Waals surface area contributed by atoms with Crippen molar-refractivity contribution in [1.29, 1.82) is 0 Å². The first kappa shape index (κ1) is 30.0. The van der Waals surface area contributed by atoms with Crippen LogP contribution in [0, 0.1) is 12.2 Å². The fourth-order valence-electron chi connectivity index (χ4n) is 2.73. The predicted molar refractivity (Wildman–Crippen MR) is 113 cm³/mol. The summed E-state index contributed by atoms with van der Waals surface area (Å²) in [6, 6.07) is 0. The molecule has 2 aliphatic carbocycles. The van der Waals surface area contributed by atoms with Gasteiger partial charge in [0.2, 0.25) is 0 Å². The van der Waals surface area contributed by atoms with Crippen LogP contribution in [0.5, 0.6) is 0 Å². The van der Waals surface area contributed by atoms with Gasteiger partial charge in [0.05, 0.1) is 0 Å². The molecule has 0 amide bonds. The molecular weight excluding hydrogens is 383 g/mol. The summed E-state index contributed by atoms with van der Waals surface area (Å²) in [5.41, 5.74) is 2.86. The summed E-state index contributed by atoms with van der Waals surface area (Å²) in [4.78, 5) is 0. The Kier molecular flexibility index (Phi) is 26.8. The molecule has 0 saturated heterocycles. The molecule has 2 aliphatic rings. The Morgan fingerprint density at radius 2 is 1.08 bits per heavy atom. The van der Waals surface area contributed by atoms with E-state index in [2.05, 4.69) is 50.3 Å². The van der Waals surface area contributed by atoms with Crippen molar-refractivity contribution in [3.63, 3.8) is 0 Å². The molecule has 0 atom stereocenters. The molecule has 142 valence electrons. The molecule has 0 aliphatic heterocycles. The van der Waals surface area contributed by atoms with Crippen LogP contribution in [-0.2, 0) is 21.7 Å². The smallest absolute Gasteiger partial charge is 0.269 e. The van der Waals surface area contributed by atoms with Gasteiger partial charge in [0.15, 0.2) is 0 Å². The topological polar surface area (TPSA) is 0 Å². The van der Waals surface area contributed by atoms with Crippen LogP contribution in [0.3, 0.4) is 0 Å². The summed E-state index contributed by atoms with van der Waals surface area (Å²) in [7, 11) is 0. The normalized spacial score (nSPS) is 13.7. The molecule has 0 bridgehead atoms. The summed E-state index contributed by atoms with van der Waals surface area (Å²) in [6.45, 7) is 4.50. The maximum Gasteiger partial charge on any atom is 2.00 e. The molecule has 0 saturated carbocycles. The van der Waals surface area contributed by atoms with E-state index in [4.69, 9.17) is 0 Å². The van der Waals surface area contributed by atoms with Gasteiger partial charge in [-0.25, -0.2) is 23.3 Å². The minimum absolute atomic E-state index is 0. The number of halogens is 2. The van der Waals surface area contributed by atoms with Gasteiger partial charge >= 0.3 is 21.7 Å². The summed E-state index contributed by atoms with van der Waals surface area (Å²) in [6.07, 6.45) is 31.0. The number of rotatable bonds is 10. The van der Waals surface area contributed by atoms with Gasteiger partial charge < -0.3 is 0 Å². The average Bonchev–Trinajstić information content (AvgIpc) is 3.22. The Morgan fingerprint density at radius 1 is 0.680 bits per heavy atom. The van der Waals surface area contributed by atoms with Gasteiger partial charge in [0, 0.05) is 0 Å². The van der Waals surface area contributed by atoms with E-state index in [0.717, 1.165) is 12.8 Å². The maximum atomic E-state index is 3.34. The molecule has 0 spiro atoms. The molecule has 0 aromatic rings. The van der Waals surface area contributed by atoms with Gasteiger partial charge in [-0.05, 0) is 0 Å². The fraction of sp³-hybridized carbons (Fsp3) is 0.636. The number of hydrogen-bond acceptors (Lipinski definition) is 0. The summed E-state index contributed by atoms with van der Waals surface area (Å²) in [5.74, 6) is 0. The second-order valence-electron chi connectivity index (χ2n) is 6.24. The van der Waals surface area contributed by atoms with E-state index in [1.807, 2.05) is 0 Å². The Hall–Kier alpha value is 0.254. The van der Waals surface area contributed by atoms with Gasteiger partial charge in [-0.2, -0.15) is 12.2 Å². The van der Waals surface area contributed by atoms with Crippen LogP contribution in [0.1, 0.15) is 90.9 Å². The molecular formula is C22H36Cl2Ti. The van der Waals surface area contributed by atoms with Crippen molar-refractivity contribution in [2.75, 3.05) is 0 Å².